The molecule has 1 fully saturated rings. The Hall–Kier alpha value is -2.05. The van der Waals surface area contributed by atoms with Crippen LogP contribution in [0.2, 0.25) is 0 Å². The van der Waals surface area contributed by atoms with E-state index in [1.807, 2.05) is 6.92 Å². The molecular weight excluding hydrogens is 272 g/mol. The molecule has 7 nitrogen and oxygen atoms in total. The number of amides is 1. The molecule has 0 bridgehead atoms. The van der Waals surface area contributed by atoms with Gasteiger partial charge in [-0.25, -0.2) is 0 Å². The van der Waals surface area contributed by atoms with Gasteiger partial charge in [0.1, 0.15) is 6.54 Å². The Balaban J connectivity index is 2.11. The van der Waals surface area contributed by atoms with Crippen molar-refractivity contribution in [2.75, 3.05) is 25.4 Å². The van der Waals surface area contributed by atoms with Gasteiger partial charge in [-0.05, 0) is 26.2 Å². The first-order valence-electron chi connectivity index (χ1n) is 7.37. The van der Waals surface area contributed by atoms with E-state index in [1.165, 1.54) is 4.90 Å². The fourth-order valence-electron chi connectivity index (χ4n) is 2.24. The van der Waals surface area contributed by atoms with Crippen LogP contribution in [0.25, 0.3) is 0 Å². The normalized spacial score (nSPS) is 14.0. The fraction of sp³-hybridized carbons (Fsp3) is 0.643. The first kappa shape index (κ1) is 15.3. The maximum atomic E-state index is 12.5. The largest absolute Gasteiger partial charge is 0.465 e. The van der Waals surface area contributed by atoms with Crippen molar-refractivity contribution < 1.29 is 14.3 Å². The van der Waals surface area contributed by atoms with Crippen LogP contribution in [0.3, 0.4) is 0 Å². The van der Waals surface area contributed by atoms with Crippen LogP contribution in [0.4, 0.5) is 5.69 Å². The highest BCUT2D eigenvalue weighted by Crippen LogP contribution is 2.42. The Labute approximate surface area is 123 Å². The van der Waals surface area contributed by atoms with Gasteiger partial charge in [0.25, 0.3) is 5.91 Å². The monoisotopic (exact) mass is 294 g/mol. The second kappa shape index (κ2) is 6.60. The zero-order valence-electron chi connectivity index (χ0n) is 12.5. The molecule has 0 atom stereocenters. The average molecular weight is 294 g/mol. The molecule has 0 saturated heterocycles. The number of nitrogen functional groups attached to an aromatic ring is 1. The Morgan fingerprint density at radius 3 is 2.71 bits per heavy atom. The molecule has 1 amide bonds. The predicted molar refractivity (Wildman–Crippen MR) is 77.8 cm³/mol. The Bertz CT molecular complexity index is 522. The van der Waals surface area contributed by atoms with Crippen LogP contribution in [-0.2, 0) is 9.53 Å². The Kier molecular flexibility index (Phi) is 4.82. The van der Waals surface area contributed by atoms with Gasteiger partial charge in [-0.1, -0.05) is 6.92 Å². The van der Waals surface area contributed by atoms with Crippen LogP contribution in [0.5, 0.6) is 0 Å². The molecule has 1 aromatic heterocycles. The van der Waals surface area contributed by atoms with Gasteiger partial charge in [-0.15, -0.1) is 0 Å². The van der Waals surface area contributed by atoms with Crippen LogP contribution >= 0.6 is 0 Å². The minimum atomic E-state index is -0.421. The maximum absolute atomic E-state index is 12.5. The van der Waals surface area contributed by atoms with Gasteiger partial charge < -0.3 is 15.4 Å². The van der Waals surface area contributed by atoms with Crippen molar-refractivity contribution in [3.63, 3.8) is 0 Å². The molecule has 2 rings (SSSR count). The molecule has 0 spiro atoms. The zero-order valence-corrected chi connectivity index (χ0v) is 12.5. The zero-order chi connectivity index (χ0) is 15.4. The maximum Gasteiger partial charge on any atom is 0.325 e. The SMILES string of the molecule is CCCN(CC(=O)OCC)C(=O)c1n[nH]c(C2CC2)c1N. The van der Waals surface area contributed by atoms with Crippen LogP contribution in [0.15, 0.2) is 0 Å². The number of carbonyl (C=O) groups excluding carboxylic acids is 2. The van der Waals surface area contributed by atoms with E-state index in [0.29, 0.717) is 24.8 Å². The Morgan fingerprint density at radius 1 is 1.43 bits per heavy atom. The van der Waals surface area contributed by atoms with E-state index < -0.39 is 5.97 Å². The second-order valence-electron chi connectivity index (χ2n) is 5.21. The summed E-state index contributed by atoms with van der Waals surface area (Å²) in [5, 5.41) is 6.89. The van der Waals surface area contributed by atoms with Crippen LogP contribution < -0.4 is 5.73 Å². The number of anilines is 1. The van der Waals surface area contributed by atoms with Crippen molar-refractivity contribution in [1.29, 1.82) is 0 Å². The van der Waals surface area contributed by atoms with E-state index >= 15 is 0 Å². The van der Waals surface area contributed by atoms with Gasteiger partial charge in [-0.3, -0.25) is 14.7 Å². The molecule has 1 heterocycles. The number of H-pyrrole nitrogens is 1. The van der Waals surface area contributed by atoms with Crippen molar-refractivity contribution in [2.45, 2.75) is 39.0 Å². The molecule has 1 aliphatic carbocycles. The molecule has 0 radical (unpaired) electrons. The van der Waals surface area contributed by atoms with Crippen LogP contribution in [0, 0.1) is 0 Å². The topological polar surface area (TPSA) is 101 Å². The third-order valence-corrected chi connectivity index (χ3v) is 3.43. The number of nitrogens with one attached hydrogen (secondary N) is 1. The highest BCUT2D eigenvalue weighted by atomic mass is 16.5. The number of esters is 1. The predicted octanol–water partition coefficient (Wildman–Crippen LogP) is 1.28. The molecule has 0 unspecified atom stereocenters. The third kappa shape index (κ3) is 3.53. The van der Waals surface area contributed by atoms with Gasteiger partial charge in [0.2, 0.25) is 0 Å². The van der Waals surface area contributed by atoms with Gasteiger partial charge in [0.15, 0.2) is 5.69 Å². The lowest BCUT2D eigenvalue weighted by Crippen LogP contribution is -2.37. The molecule has 21 heavy (non-hydrogen) atoms. The molecule has 1 saturated carbocycles. The summed E-state index contributed by atoms with van der Waals surface area (Å²) in [5.74, 6) is -0.356. The molecular formula is C14H22N4O3. The number of aromatic nitrogens is 2. The molecule has 0 aliphatic heterocycles. The lowest BCUT2D eigenvalue weighted by Gasteiger charge is -2.20. The van der Waals surface area contributed by atoms with E-state index in [1.54, 1.807) is 6.92 Å². The van der Waals surface area contributed by atoms with Crippen molar-refractivity contribution in [3.8, 4) is 0 Å². The summed E-state index contributed by atoms with van der Waals surface area (Å²) in [7, 11) is 0. The summed E-state index contributed by atoms with van der Waals surface area (Å²) in [5.41, 5.74) is 7.46. The first-order chi connectivity index (χ1) is 10.1. The van der Waals surface area contributed by atoms with Crippen molar-refractivity contribution in [1.82, 2.24) is 15.1 Å². The quantitative estimate of drug-likeness (QED) is 0.738. The van der Waals surface area contributed by atoms with E-state index in [4.69, 9.17) is 10.5 Å². The number of rotatable bonds is 7. The van der Waals surface area contributed by atoms with Gasteiger partial charge in [0.05, 0.1) is 18.0 Å². The first-order valence-corrected chi connectivity index (χ1v) is 7.37. The molecule has 3 N–H and O–H groups in total. The molecule has 1 aromatic rings. The van der Waals surface area contributed by atoms with Crippen molar-refractivity contribution in [2.24, 2.45) is 0 Å². The third-order valence-electron chi connectivity index (χ3n) is 3.43. The van der Waals surface area contributed by atoms with Gasteiger partial charge in [-0.2, -0.15) is 5.10 Å². The summed E-state index contributed by atoms with van der Waals surface area (Å²) in [6, 6.07) is 0. The van der Waals surface area contributed by atoms with Crippen LogP contribution in [0.1, 0.15) is 55.2 Å². The smallest absolute Gasteiger partial charge is 0.325 e. The van der Waals surface area contributed by atoms with E-state index in [-0.39, 0.29) is 18.1 Å². The summed E-state index contributed by atoms with van der Waals surface area (Å²) >= 11 is 0. The summed E-state index contributed by atoms with van der Waals surface area (Å²) in [6.07, 6.45) is 2.88. The number of carbonyl (C=O) groups is 2. The Morgan fingerprint density at radius 2 is 2.14 bits per heavy atom. The molecule has 1 aliphatic rings. The summed E-state index contributed by atoms with van der Waals surface area (Å²) in [6.45, 7) is 4.35. The van der Waals surface area contributed by atoms with Crippen molar-refractivity contribution in [3.05, 3.63) is 11.4 Å². The van der Waals surface area contributed by atoms with Gasteiger partial charge in [0, 0.05) is 12.5 Å². The van der Waals surface area contributed by atoms with Crippen molar-refractivity contribution >= 4 is 17.6 Å². The van der Waals surface area contributed by atoms with E-state index in [9.17, 15) is 9.59 Å². The second-order valence-corrected chi connectivity index (χ2v) is 5.21. The number of hydrogen-bond acceptors (Lipinski definition) is 5. The number of aromatic amines is 1. The summed E-state index contributed by atoms with van der Waals surface area (Å²) < 4.78 is 4.90. The number of nitrogens with two attached hydrogens (primary N) is 1. The molecule has 116 valence electrons. The fourth-order valence-corrected chi connectivity index (χ4v) is 2.24. The standard InChI is InChI=1S/C14H22N4O3/c1-3-7-18(8-10(19)21-4-2)14(20)13-11(15)12(16-17-13)9-5-6-9/h9H,3-8,15H2,1-2H3,(H,16,17). The lowest BCUT2D eigenvalue weighted by atomic mass is 10.2. The highest BCUT2D eigenvalue weighted by Gasteiger charge is 2.31. The lowest BCUT2D eigenvalue weighted by molar-refractivity contribution is -0.143. The molecule has 7 heteroatoms. The number of nitrogens with zero attached hydrogens (tertiary/aromatic N) is 2. The van der Waals surface area contributed by atoms with Gasteiger partial charge >= 0.3 is 5.97 Å². The van der Waals surface area contributed by atoms with E-state index in [2.05, 4.69) is 10.2 Å². The van der Waals surface area contributed by atoms with E-state index in [0.717, 1.165) is 25.0 Å². The minimum absolute atomic E-state index is 0.0778. The number of hydrogen-bond donors (Lipinski definition) is 2. The van der Waals surface area contributed by atoms with Crippen LogP contribution in [-0.4, -0.2) is 46.7 Å². The highest BCUT2D eigenvalue weighted by molar-refractivity contribution is 5.99. The number of ether oxygens (including phenoxy) is 1. The summed E-state index contributed by atoms with van der Waals surface area (Å²) in [4.78, 5) is 25.5. The average Bonchev–Trinajstić information content (AvgIpc) is 3.21. The molecule has 0 aromatic carbocycles. The minimum Gasteiger partial charge on any atom is -0.465 e.